The number of hydrogen-bond acceptors (Lipinski definition) is 5. The highest BCUT2D eigenvalue weighted by atomic mass is 16.5. The molecule has 3 fully saturated rings. The molecule has 0 spiro atoms. The summed E-state index contributed by atoms with van der Waals surface area (Å²) < 4.78 is 5.13. The Morgan fingerprint density at radius 3 is 2.21 bits per heavy atom. The molecule has 0 aromatic heterocycles. The van der Waals surface area contributed by atoms with Gasteiger partial charge in [-0.3, -0.25) is 19.3 Å². The fourth-order valence-electron chi connectivity index (χ4n) is 5.10. The van der Waals surface area contributed by atoms with Crippen LogP contribution in [0.25, 0.3) is 0 Å². The summed E-state index contributed by atoms with van der Waals surface area (Å²) in [6.45, 7) is 3.68. The highest BCUT2D eigenvalue weighted by Crippen LogP contribution is 2.56. The monoisotopic (exact) mass is 398 g/mol. The lowest BCUT2D eigenvalue weighted by Crippen LogP contribution is -2.35. The molecule has 2 saturated carbocycles. The number of amides is 3. The van der Waals surface area contributed by atoms with E-state index in [1.165, 1.54) is 4.90 Å². The molecule has 1 aliphatic heterocycles. The minimum atomic E-state index is -0.413. The molecule has 1 N–H and O–H groups in total. The standard InChI is InChI=1S/C22H26N2O5/c1-12(2)29-22(28)13-5-7-16(8-6-13)23-17(25)9-10-24-20(26)18-14-3-4-15(11-14)19(18)21(24)27/h5-8,12,14-15,18-19H,3-4,9-11H2,1-2H3,(H,23,25)/t14-,15-,18+,19+/m0/s1. The number of rotatable bonds is 6. The van der Waals surface area contributed by atoms with E-state index in [1.54, 1.807) is 38.1 Å². The first-order valence-corrected chi connectivity index (χ1v) is 10.3. The second-order valence-electron chi connectivity index (χ2n) is 8.54. The van der Waals surface area contributed by atoms with Crippen LogP contribution in [0, 0.1) is 23.7 Å². The second-order valence-corrected chi connectivity index (χ2v) is 8.54. The lowest BCUT2D eigenvalue weighted by Gasteiger charge is -2.19. The number of fused-ring (bicyclic) bond motifs is 5. The van der Waals surface area contributed by atoms with Gasteiger partial charge in [0.2, 0.25) is 17.7 Å². The van der Waals surface area contributed by atoms with Crippen LogP contribution in [0.1, 0.15) is 49.9 Å². The number of anilines is 1. The van der Waals surface area contributed by atoms with Gasteiger partial charge in [-0.05, 0) is 69.2 Å². The number of esters is 1. The molecule has 4 rings (SSSR count). The van der Waals surface area contributed by atoms with Crippen LogP contribution in [0.2, 0.25) is 0 Å². The van der Waals surface area contributed by atoms with Crippen LogP contribution in [0.4, 0.5) is 5.69 Å². The van der Waals surface area contributed by atoms with Crippen molar-refractivity contribution < 1.29 is 23.9 Å². The first kappa shape index (κ1) is 19.6. The maximum atomic E-state index is 12.7. The first-order valence-electron chi connectivity index (χ1n) is 10.3. The summed E-state index contributed by atoms with van der Waals surface area (Å²) in [5, 5.41) is 2.74. The molecule has 29 heavy (non-hydrogen) atoms. The van der Waals surface area contributed by atoms with Gasteiger partial charge in [0.1, 0.15) is 0 Å². The topological polar surface area (TPSA) is 92.8 Å². The average molecular weight is 398 g/mol. The van der Waals surface area contributed by atoms with Gasteiger partial charge in [0, 0.05) is 18.7 Å². The molecular formula is C22H26N2O5. The Labute approximate surface area is 169 Å². The predicted molar refractivity (Wildman–Crippen MR) is 105 cm³/mol. The van der Waals surface area contributed by atoms with Gasteiger partial charge < -0.3 is 10.1 Å². The Morgan fingerprint density at radius 1 is 1.07 bits per heavy atom. The van der Waals surface area contributed by atoms with Gasteiger partial charge in [0.25, 0.3) is 0 Å². The van der Waals surface area contributed by atoms with Gasteiger partial charge in [-0.15, -0.1) is 0 Å². The third kappa shape index (κ3) is 3.66. The Hall–Kier alpha value is -2.70. The van der Waals surface area contributed by atoms with Gasteiger partial charge in [-0.2, -0.15) is 0 Å². The van der Waals surface area contributed by atoms with Crippen molar-refractivity contribution in [1.29, 1.82) is 0 Å². The summed E-state index contributed by atoms with van der Waals surface area (Å²) in [5.41, 5.74) is 0.955. The van der Waals surface area contributed by atoms with Crippen LogP contribution in [0.5, 0.6) is 0 Å². The lowest BCUT2D eigenvalue weighted by molar-refractivity contribution is -0.140. The van der Waals surface area contributed by atoms with E-state index >= 15 is 0 Å². The number of carbonyl (C=O) groups excluding carboxylic acids is 4. The third-order valence-electron chi connectivity index (χ3n) is 6.33. The van der Waals surface area contributed by atoms with Crippen molar-refractivity contribution >= 4 is 29.4 Å². The zero-order valence-corrected chi connectivity index (χ0v) is 16.7. The molecular weight excluding hydrogens is 372 g/mol. The summed E-state index contributed by atoms with van der Waals surface area (Å²) in [7, 11) is 0. The molecule has 1 aromatic rings. The number of nitrogens with one attached hydrogen (secondary N) is 1. The molecule has 154 valence electrons. The summed E-state index contributed by atoms with van der Waals surface area (Å²) >= 11 is 0. The minimum Gasteiger partial charge on any atom is -0.459 e. The summed E-state index contributed by atoms with van der Waals surface area (Å²) in [4.78, 5) is 50.8. The Kier molecular flexibility index (Phi) is 5.15. The molecule has 1 saturated heterocycles. The number of imide groups is 1. The smallest absolute Gasteiger partial charge is 0.338 e. The van der Waals surface area contributed by atoms with Crippen LogP contribution in [0.15, 0.2) is 24.3 Å². The van der Waals surface area contributed by atoms with E-state index in [1.807, 2.05) is 0 Å². The molecule has 2 bridgehead atoms. The number of carbonyl (C=O) groups is 4. The van der Waals surface area contributed by atoms with E-state index in [0.29, 0.717) is 23.1 Å². The molecule has 0 radical (unpaired) electrons. The number of nitrogens with zero attached hydrogens (tertiary/aromatic N) is 1. The van der Waals surface area contributed by atoms with Gasteiger partial charge in [0.05, 0.1) is 23.5 Å². The maximum absolute atomic E-state index is 12.7. The molecule has 7 heteroatoms. The van der Waals surface area contributed by atoms with Crippen LogP contribution in [0.3, 0.4) is 0 Å². The average Bonchev–Trinajstić information content (AvgIpc) is 3.35. The fraction of sp³-hybridized carbons (Fsp3) is 0.545. The molecule has 2 aliphatic carbocycles. The quantitative estimate of drug-likeness (QED) is 0.587. The van der Waals surface area contributed by atoms with Gasteiger partial charge >= 0.3 is 5.97 Å². The molecule has 3 amide bonds. The van der Waals surface area contributed by atoms with Gasteiger partial charge in [-0.1, -0.05) is 0 Å². The fourth-order valence-corrected chi connectivity index (χ4v) is 5.10. The highest BCUT2D eigenvalue weighted by molar-refractivity contribution is 6.06. The van der Waals surface area contributed by atoms with Crippen LogP contribution in [-0.2, 0) is 19.1 Å². The van der Waals surface area contributed by atoms with Crippen molar-refractivity contribution in [1.82, 2.24) is 4.90 Å². The molecule has 4 atom stereocenters. The second kappa shape index (κ2) is 7.61. The Balaban J connectivity index is 1.30. The van der Waals surface area contributed by atoms with Crippen molar-refractivity contribution in [2.24, 2.45) is 23.7 Å². The molecule has 3 aliphatic rings. The molecule has 1 aromatic carbocycles. The zero-order chi connectivity index (χ0) is 20.7. The Morgan fingerprint density at radius 2 is 1.66 bits per heavy atom. The van der Waals surface area contributed by atoms with Crippen molar-refractivity contribution in [3.63, 3.8) is 0 Å². The number of likely N-dealkylation sites (tertiary alicyclic amines) is 1. The van der Waals surface area contributed by atoms with Gasteiger partial charge in [-0.25, -0.2) is 4.79 Å². The van der Waals surface area contributed by atoms with E-state index in [2.05, 4.69) is 5.32 Å². The zero-order valence-electron chi connectivity index (χ0n) is 16.7. The maximum Gasteiger partial charge on any atom is 0.338 e. The molecule has 1 heterocycles. The molecule has 7 nitrogen and oxygen atoms in total. The Bertz CT molecular complexity index is 819. The van der Waals surface area contributed by atoms with Crippen molar-refractivity contribution in [2.75, 3.05) is 11.9 Å². The van der Waals surface area contributed by atoms with Crippen LogP contribution in [-0.4, -0.2) is 41.2 Å². The van der Waals surface area contributed by atoms with Crippen LogP contribution >= 0.6 is 0 Å². The van der Waals surface area contributed by atoms with E-state index in [-0.39, 0.29) is 48.6 Å². The SMILES string of the molecule is CC(C)OC(=O)c1ccc(NC(=O)CCN2C(=O)[C@@H]3[C@H]4CC[C@@H](C4)[C@H]3C2=O)cc1. The largest absolute Gasteiger partial charge is 0.459 e. The van der Waals surface area contributed by atoms with Crippen molar-refractivity contribution in [3.05, 3.63) is 29.8 Å². The molecule has 0 unspecified atom stereocenters. The lowest BCUT2D eigenvalue weighted by atomic mass is 9.81. The number of benzene rings is 1. The summed E-state index contributed by atoms with van der Waals surface area (Å²) in [5.74, 6) is -0.472. The predicted octanol–water partition coefficient (Wildman–Crippen LogP) is 2.61. The van der Waals surface area contributed by atoms with Gasteiger partial charge in [0.15, 0.2) is 0 Å². The van der Waals surface area contributed by atoms with E-state index in [4.69, 9.17) is 4.74 Å². The summed E-state index contributed by atoms with van der Waals surface area (Å²) in [6, 6.07) is 6.43. The van der Waals surface area contributed by atoms with E-state index in [9.17, 15) is 19.2 Å². The van der Waals surface area contributed by atoms with Crippen molar-refractivity contribution in [2.45, 2.75) is 45.6 Å². The number of ether oxygens (including phenoxy) is 1. The summed E-state index contributed by atoms with van der Waals surface area (Å²) in [6.07, 6.45) is 2.94. The number of hydrogen-bond donors (Lipinski definition) is 1. The third-order valence-corrected chi connectivity index (χ3v) is 6.33. The minimum absolute atomic E-state index is 0.0589. The van der Waals surface area contributed by atoms with E-state index < -0.39 is 5.97 Å². The highest BCUT2D eigenvalue weighted by Gasteiger charge is 2.60. The normalized spacial score (nSPS) is 27.5. The van der Waals surface area contributed by atoms with E-state index in [0.717, 1.165) is 19.3 Å². The van der Waals surface area contributed by atoms with Crippen molar-refractivity contribution in [3.8, 4) is 0 Å². The van der Waals surface area contributed by atoms with Crippen LogP contribution < -0.4 is 5.32 Å². The first-order chi connectivity index (χ1) is 13.8.